The summed E-state index contributed by atoms with van der Waals surface area (Å²) in [7, 11) is -3.58. The molecule has 27 heavy (non-hydrogen) atoms. The average Bonchev–Trinajstić information content (AvgIpc) is 2.69. The largest absolute Gasteiger partial charge is 0.293 e. The number of carbonyl (C=O) groups is 1. The number of benzene rings is 1. The molecule has 1 heterocycles. The molecule has 0 unspecified atom stereocenters. The van der Waals surface area contributed by atoms with Crippen LogP contribution in [0.2, 0.25) is 0 Å². The van der Waals surface area contributed by atoms with Gasteiger partial charge in [0.15, 0.2) is 11.6 Å². The summed E-state index contributed by atoms with van der Waals surface area (Å²) >= 11 is 0. The molecule has 3 rings (SSSR count). The van der Waals surface area contributed by atoms with Crippen molar-refractivity contribution >= 4 is 15.8 Å². The number of halogens is 1. The van der Waals surface area contributed by atoms with Gasteiger partial charge in [-0.05, 0) is 25.8 Å². The predicted molar refractivity (Wildman–Crippen MR) is 102 cm³/mol. The number of ketones is 1. The van der Waals surface area contributed by atoms with Crippen LogP contribution in [0.5, 0.6) is 0 Å². The Hall–Kier alpha value is -2.12. The Morgan fingerprint density at radius 1 is 1.19 bits per heavy atom. The van der Waals surface area contributed by atoms with Gasteiger partial charge in [-0.3, -0.25) is 9.78 Å². The van der Waals surface area contributed by atoms with Crippen molar-refractivity contribution in [2.45, 2.75) is 44.3 Å². The van der Waals surface area contributed by atoms with E-state index in [1.165, 1.54) is 13.0 Å². The number of nitrogens with zero attached hydrogens (tertiary/aromatic N) is 1. The normalized spacial score (nSPS) is 15.6. The molecule has 1 aromatic heterocycles. The fourth-order valence-electron chi connectivity index (χ4n) is 3.37. The van der Waals surface area contributed by atoms with E-state index >= 15 is 0 Å². The molecule has 1 aromatic carbocycles. The van der Waals surface area contributed by atoms with Crippen molar-refractivity contribution in [3.63, 3.8) is 0 Å². The number of aryl methyl sites for hydroxylation is 1. The fourth-order valence-corrected chi connectivity index (χ4v) is 4.89. The third-order valence-electron chi connectivity index (χ3n) is 4.92. The Bertz CT molecular complexity index is 924. The van der Waals surface area contributed by atoms with Crippen LogP contribution in [0.25, 0.3) is 11.3 Å². The van der Waals surface area contributed by atoms with Gasteiger partial charge in [0.1, 0.15) is 0 Å². The maximum absolute atomic E-state index is 14.5. The van der Waals surface area contributed by atoms with E-state index in [0.29, 0.717) is 18.5 Å². The van der Waals surface area contributed by atoms with Gasteiger partial charge in [-0.2, -0.15) is 0 Å². The number of sulfonamides is 1. The second-order valence-corrected chi connectivity index (χ2v) is 8.92. The Morgan fingerprint density at radius 2 is 1.85 bits per heavy atom. The summed E-state index contributed by atoms with van der Waals surface area (Å²) in [4.78, 5) is 16.7. The van der Waals surface area contributed by atoms with Crippen molar-refractivity contribution in [1.29, 1.82) is 0 Å². The molecule has 5 nitrogen and oxygen atoms in total. The van der Waals surface area contributed by atoms with E-state index in [9.17, 15) is 17.6 Å². The number of hydrogen-bond acceptors (Lipinski definition) is 4. The van der Waals surface area contributed by atoms with Crippen molar-refractivity contribution in [3.8, 4) is 11.3 Å². The molecule has 0 radical (unpaired) electrons. The molecule has 0 spiro atoms. The van der Waals surface area contributed by atoms with Crippen LogP contribution < -0.4 is 4.72 Å². The zero-order valence-electron chi connectivity index (χ0n) is 15.2. The first kappa shape index (κ1) is 19.6. The quantitative estimate of drug-likeness (QED) is 0.764. The second-order valence-electron chi connectivity index (χ2n) is 6.87. The summed E-state index contributed by atoms with van der Waals surface area (Å²) < 4.78 is 41.6. The third-order valence-corrected chi connectivity index (χ3v) is 6.81. The molecule has 0 saturated heterocycles. The minimum atomic E-state index is -3.58. The van der Waals surface area contributed by atoms with Gasteiger partial charge < -0.3 is 0 Å². The van der Waals surface area contributed by atoms with Gasteiger partial charge >= 0.3 is 0 Å². The molecule has 0 bridgehead atoms. The molecule has 144 valence electrons. The fraction of sp³-hybridized carbons (Fsp3) is 0.400. The minimum absolute atomic E-state index is 0.106. The van der Waals surface area contributed by atoms with Gasteiger partial charge in [-0.1, -0.05) is 49.6 Å². The number of carbonyl (C=O) groups excluding carboxylic acids is 1. The van der Waals surface area contributed by atoms with Crippen LogP contribution in [-0.2, 0) is 10.0 Å². The molecule has 2 aromatic rings. The van der Waals surface area contributed by atoms with Crippen molar-refractivity contribution in [3.05, 3.63) is 53.5 Å². The SMILES string of the molecule is Cc1nc(-c2ccccc2)cc(C(=O)CNS(=O)(=O)C2CCCCC2)c1F. The second kappa shape index (κ2) is 8.27. The number of rotatable bonds is 6. The topological polar surface area (TPSA) is 76.1 Å². The molecule has 1 N–H and O–H groups in total. The Balaban J connectivity index is 1.79. The molecular weight excluding hydrogens is 367 g/mol. The summed E-state index contributed by atoms with van der Waals surface area (Å²) in [5.74, 6) is -1.31. The van der Waals surface area contributed by atoms with Gasteiger partial charge in [-0.15, -0.1) is 0 Å². The molecule has 1 aliphatic rings. The first-order valence-electron chi connectivity index (χ1n) is 9.13. The minimum Gasteiger partial charge on any atom is -0.293 e. The van der Waals surface area contributed by atoms with E-state index in [-0.39, 0.29) is 11.3 Å². The summed E-state index contributed by atoms with van der Waals surface area (Å²) in [6, 6.07) is 10.5. The zero-order chi connectivity index (χ0) is 19.4. The first-order chi connectivity index (χ1) is 12.9. The molecular formula is C20H23FN2O3S. The van der Waals surface area contributed by atoms with Gasteiger partial charge in [0.25, 0.3) is 0 Å². The van der Waals surface area contributed by atoms with Crippen LogP contribution >= 0.6 is 0 Å². The van der Waals surface area contributed by atoms with Crippen LogP contribution in [0.3, 0.4) is 0 Å². The average molecular weight is 390 g/mol. The van der Waals surface area contributed by atoms with E-state index in [2.05, 4.69) is 9.71 Å². The van der Waals surface area contributed by atoms with Crippen LogP contribution in [0.4, 0.5) is 4.39 Å². The van der Waals surface area contributed by atoms with Gasteiger partial charge in [-0.25, -0.2) is 17.5 Å². The summed E-state index contributed by atoms with van der Waals surface area (Å²) in [5, 5.41) is -0.469. The molecule has 1 aliphatic carbocycles. The summed E-state index contributed by atoms with van der Waals surface area (Å²) in [5.41, 5.74) is 1.20. The number of Topliss-reactive ketones (excluding diaryl/α,β-unsaturated/α-hetero) is 1. The third kappa shape index (κ3) is 4.59. The van der Waals surface area contributed by atoms with Crippen LogP contribution in [0, 0.1) is 12.7 Å². The van der Waals surface area contributed by atoms with Crippen LogP contribution in [0.1, 0.15) is 48.2 Å². The lowest BCUT2D eigenvalue weighted by molar-refractivity contribution is 0.0992. The van der Waals surface area contributed by atoms with E-state index in [0.717, 1.165) is 24.8 Å². The molecule has 7 heteroatoms. The van der Waals surface area contributed by atoms with Gasteiger partial charge in [0.2, 0.25) is 10.0 Å². The van der Waals surface area contributed by atoms with Crippen molar-refractivity contribution in [1.82, 2.24) is 9.71 Å². The molecule has 0 aliphatic heterocycles. The number of pyridine rings is 1. The lowest BCUT2D eigenvalue weighted by atomic mass is 10.0. The monoisotopic (exact) mass is 390 g/mol. The number of hydrogen-bond donors (Lipinski definition) is 1. The van der Waals surface area contributed by atoms with Gasteiger partial charge in [0, 0.05) is 5.56 Å². The van der Waals surface area contributed by atoms with E-state index in [1.807, 2.05) is 30.3 Å². The molecule has 0 atom stereocenters. The number of aromatic nitrogens is 1. The summed E-state index contributed by atoms with van der Waals surface area (Å²) in [6.45, 7) is 1.04. The molecule has 0 amide bonds. The lowest BCUT2D eigenvalue weighted by Crippen LogP contribution is -2.38. The first-order valence-corrected chi connectivity index (χ1v) is 10.7. The smallest absolute Gasteiger partial charge is 0.214 e. The van der Waals surface area contributed by atoms with E-state index in [1.54, 1.807) is 0 Å². The highest BCUT2D eigenvalue weighted by Crippen LogP contribution is 2.24. The van der Waals surface area contributed by atoms with Crippen molar-refractivity contribution in [2.24, 2.45) is 0 Å². The van der Waals surface area contributed by atoms with Crippen LogP contribution in [0.15, 0.2) is 36.4 Å². The van der Waals surface area contributed by atoms with Crippen molar-refractivity contribution < 1.29 is 17.6 Å². The number of nitrogens with one attached hydrogen (secondary N) is 1. The van der Waals surface area contributed by atoms with Crippen molar-refractivity contribution in [2.75, 3.05) is 6.54 Å². The van der Waals surface area contributed by atoms with E-state index < -0.39 is 33.4 Å². The standard InChI is InChI=1S/C20H23FN2O3S/c1-14-20(21)17(12-18(23-14)15-8-4-2-5-9-15)19(24)13-22-27(25,26)16-10-6-3-7-11-16/h2,4-5,8-9,12,16,22H,3,6-7,10-11,13H2,1H3. The highest BCUT2D eigenvalue weighted by molar-refractivity contribution is 7.90. The molecule has 1 fully saturated rings. The Morgan fingerprint density at radius 3 is 2.52 bits per heavy atom. The van der Waals surface area contributed by atoms with E-state index in [4.69, 9.17) is 0 Å². The summed E-state index contributed by atoms with van der Waals surface area (Å²) in [6.07, 6.45) is 3.99. The predicted octanol–water partition coefficient (Wildman–Crippen LogP) is 3.63. The maximum Gasteiger partial charge on any atom is 0.214 e. The zero-order valence-corrected chi connectivity index (χ0v) is 16.1. The van der Waals surface area contributed by atoms with Gasteiger partial charge in [0.05, 0.1) is 28.7 Å². The lowest BCUT2D eigenvalue weighted by Gasteiger charge is -2.21. The highest BCUT2D eigenvalue weighted by Gasteiger charge is 2.28. The Kier molecular flexibility index (Phi) is 6.01. The highest BCUT2D eigenvalue weighted by atomic mass is 32.2. The Labute approximate surface area is 159 Å². The molecule has 1 saturated carbocycles. The maximum atomic E-state index is 14.5. The van der Waals surface area contributed by atoms with Crippen LogP contribution in [-0.4, -0.2) is 31.0 Å².